The first-order valence-electron chi connectivity index (χ1n) is 6.80. The number of carbonyl (C=O) groups is 1. The third kappa shape index (κ3) is 3.72. The summed E-state index contributed by atoms with van der Waals surface area (Å²) in [7, 11) is 0. The number of carbonyl (C=O) groups excluding carboxylic acids is 1. The lowest BCUT2D eigenvalue weighted by molar-refractivity contribution is -0.111. The fourth-order valence-corrected chi connectivity index (χ4v) is 2.68. The summed E-state index contributed by atoms with van der Waals surface area (Å²) in [6.07, 6.45) is 3.38. The Morgan fingerprint density at radius 3 is 2.71 bits per heavy atom. The van der Waals surface area contributed by atoms with E-state index in [2.05, 4.69) is 39.9 Å². The van der Waals surface area contributed by atoms with Gasteiger partial charge in [-0.1, -0.05) is 12.1 Å². The van der Waals surface area contributed by atoms with Crippen molar-refractivity contribution in [2.45, 2.75) is 27.3 Å². The molecule has 0 radical (unpaired) electrons. The average molecular weight is 395 g/mol. The lowest BCUT2D eigenvalue weighted by Crippen LogP contribution is -2.08. The number of para-hydroxylation sites is 1. The highest BCUT2D eigenvalue weighted by molar-refractivity contribution is 14.1. The largest absolute Gasteiger partial charge is 0.322 e. The van der Waals surface area contributed by atoms with E-state index in [1.54, 1.807) is 6.08 Å². The predicted octanol–water partition coefficient (Wildman–Crippen LogP) is 3.78. The maximum atomic E-state index is 12.0. The molecule has 1 amide bonds. The summed E-state index contributed by atoms with van der Waals surface area (Å²) in [6, 6.07) is 7.69. The number of hydrogen-bond acceptors (Lipinski definition) is 2. The molecule has 0 fully saturated rings. The van der Waals surface area contributed by atoms with E-state index in [1.165, 1.54) is 0 Å². The highest BCUT2D eigenvalue weighted by Gasteiger charge is 2.08. The zero-order valence-corrected chi connectivity index (χ0v) is 14.5. The van der Waals surface area contributed by atoms with Crippen LogP contribution >= 0.6 is 22.6 Å². The summed E-state index contributed by atoms with van der Waals surface area (Å²) in [4.78, 5) is 12.0. The van der Waals surface area contributed by atoms with Crippen molar-refractivity contribution in [1.82, 2.24) is 9.78 Å². The molecule has 21 heavy (non-hydrogen) atoms. The number of aromatic nitrogens is 2. The lowest BCUT2D eigenvalue weighted by atomic mass is 10.2. The van der Waals surface area contributed by atoms with Gasteiger partial charge in [0.1, 0.15) is 0 Å². The molecule has 0 atom stereocenters. The minimum Gasteiger partial charge on any atom is -0.322 e. The number of nitrogens with zero attached hydrogens (tertiary/aromatic N) is 2. The topological polar surface area (TPSA) is 46.9 Å². The Morgan fingerprint density at radius 2 is 2.10 bits per heavy atom. The molecular weight excluding hydrogens is 377 g/mol. The minimum atomic E-state index is -0.137. The second kappa shape index (κ2) is 6.89. The smallest absolute Gasteiger partial charge is 0.248 e. The van der Waals surface area contributed by atoms with E-state index in [1.807, 2.05) is 48.9 Å². The van der Waals surface area contributed by atoms with E-state index in [0.717, 1.165) is 32.8 Å². The molecule has 1 N–H and O–H groups in total. The van der Waals surface area contributed by atoms with E-state index in [4.69, 9.17) is 0 Å². The lowest BCUT2D eigenvalue weighted by Gasteiger charge is -2.04. The molecule has 0 aliphatic carbocycles. The molecule has 0 saturated heterocycles. The normalized spacial score (nSPS) is 11.0. The highest BCUT2D eigenvalue weighted by atomic mass is 127. The second-order valence-corrected chi connectivity index (χ2v) is 5.86. The van der Waals surface area contributed by atoms with E-state index in [0.29, 0.717) is 0 Å². The van der Waals surface area contributed by atoms with Crippen molar-refractivity contribution in [2.75, 3.05) is 5.32 Å². The summed E-state index contributed by atoms with van der Waals surface area (Å²) in [5, 5.41) is 7.32. The van der Waals surface area contributed by atoms with Gasteiger partial charge in [0, 0.05) is 27.4 Å². The molecule has 4 nitrogen and oxygen atoms in total. The monoisotopic (exact) mass is 395 g/mol. The first-order valence-corrected chi connectivity index (χ1v) is 7.88. The molecule has 1 heterocycles. The molecule has 1 aromatic carbocycles. The van der Waals surface area contributed by atoms with Gasteiger partial charge in [0.25, 0.3) is 0 Å². The first-order chi connectivity index (χ1) is 10.0. The fourth-order valence-electron chi connectivity index (χ4n) is 2.16. The molecule has 110 valence electrons. The van der Waals surface area contributed by atoms with Crippen LogP contribution < -0.4 is 5.32 Å². The van der Waals surface area contributed by atoms with E-state index >= 15 is 0 Å². The number of amides is 1. The van der Waals surface area contributed by atoms with Crippen LogP contribution in [0, 0.1) is 17.4 Å². The second-order valence-electron chi connectivity index (χ2n) is 4.70. The number of rotatable bonds is 4. The Morgan fingerprint density at radius 1 is 1.38 bits per heavy atom. The Kier molecular flexibility index (Phi) is 5.17. The molecule has 5 heteroatoms. The van der Waals surface area contributed by atoms with E-state index < -0.39 is 0 Å². The van der Waals surface area contributed by atoms with Crippen molar-refractivity contribution in [1.29, 1.82) is 0 Å². The van der Waals surface area contributed by atoms with Crippen LogP contribution in [0.15, 0.2) is 30.3 Å². The summed E-state index contributed by atoms with van der Waals surface area (Å²) >= 11 is 2.20. The van der Waals surface area contributed by atoms with Crippen molar-refractivity contribution >= 4 is 40.3 Å². The third-order valence-electron chi connectivity index (χ3n) is 3.27. The summed E-state index contributed by atoms with van der Waals surface area (Å²) < 4.78 is 2.95. The summed E-state index contributed by atoms with van der Waals surface area (Å²) in [5.41, 5.74) is 3.85. The molecule has 0 bridgehead atoms. The first kappa shape index (κ1) is 15.8. The van der Waals surface area contributed by atoms with E-state index in [9.17, 15) is 4.79 Å². The number of hydrogen-bond donors (Lipinski definition) is 1. The van der Waals surface area contributed by atoms with Gasteiger partial charge in [0.15, 0.2) is 0 Å². The van der Waals surface area contributed by atoms with Crippen LogP contribution in [0.4, 0.5) is 5.69 Å². The minimum absolute atomic E-state index is 0.137. The number of anilines is 1. The van der Waals surface area contributed by atoms with Gasteiger partial charge in [-0.2, -0.15) is 5.10 Å². The molecule has 0 unspecified atom stereocenters. The van der Waals surface area contributed by atoms with Crippen LogP contribution in [0.2, 0.25) is 0 Å². The number of aryl methyl sites for hydroxylation is 2. The zero-order chi connectivity index (χ0) is 15.4. The summed E-state index contributed by atoms with van der Waals surface area (Å²) in [5.74, 6) is -0.137. The van der Waals surface area contributed by atoms with Crippen LogP contribution in [0.25, 0.3) is 6.08 Å². The van der Waals surface area contributed by atoms with Crippen LogP contribution in [0.1, 0.15) is 23.9 Å². The molecule has 0 aliphatic rings. The molecular formula is C16H18IN3O. The highest BCUT2D eigenvalue weighted by Crippen LogP contribution is 2.18. The quantitative estimate of drug-likeness (QED) is 0.633. The third-order valence-corrected chi connectivity index (χ3v) is 4.21. The van der Waals surface area contributed by atoms with Crippen molar-refractivity contribution < 1.29 is 4.79 Å². The van der Waals surface area contributed by atoms with Crippen LogP contribution in [0.5, 0.6) is 0 Å². The van der Waals surface area contributed by atoms with Crippen molar-refractivity contribution in [3.8, 4) is 0 Å². The number of nitrogens with one attached hydrogen (secondary N) is 1. The standard InChI is InChI=1S/C16H18IN3O/c1-4-20-12(3)13(11(2)19-20)9-10-16(21)18-15-8-6-5-7-14(15)17/h5-10H,4H2,1-3H3,(H,18,21). The Hall–Kier alpha value is -1.63. The van der Waals surface area contributed by atoms with Crippen molar-refractivity contribution in [3.63, 3.8) is 0 Å². The molecule has 0 spiro atoms. The molecule has 0 saturated carbocycles. The van der Waals surface area contributed by atoms with Gasteiger partial charge in [-0.15, -0.1) is 0 Å². The maximum Gasteiger partial charge on any atom is 0.248 e. The molecule has 2 aromatic rings. The van der Waals surface area contributed by atoms with Gasteiger partial charge in [-0.25, -0.2) is 0 Å². The average Bonchev–Trinajstić information content (AvgIpc) is 2.74. The number of halogens is 1. The Bertz CT molecular complexity index is 689. The van der Waals surface area contributed by atoms with Gasteiger partial charge in [0.05, 0.1) is 11.4 Å². The molecule has 0 aliphatic heterocycles. The molecule has 2 rings (SSSR count). The van der Waals surface area contributed by atoms with Gasteiger partial charge in [-0.3, -0.25) is 9.48 Å². The Labute approximate surface area is 138 Å². The zero-order valence-electron chi connectivity index (χ0n) is 12.4. The molecule has 1 aromatic heterocycles. The maximum absolute atomic E-state index is 12.0. The van der Waals surface area contributed by atoms with Gasteiger partial charge >= 0.3 is 0 Å². The van der Waals surface area contributed by atoms with E-state index in [-0.39, 0.29) is 5.91 Å². The van der Waals surface area contributed by atoms with Gasteiger partial charge < -0.3 is 5.32 Å². The van der Waals surface area contributed by atoms with Crippen LogP contribution in [0.3, 0.4) is 0 Å². The predicted molar refractivity (Wildman–Crippen MR) is 94.2 cm³/mol. The van der Waals surface area contributed by atoms with Gasteiger partial charge in [0.2, 0.25) is 5.91 Å². The fraction of sp³-hybridized carbons (Fsp3) is 0.250. The van der Waals surface area contributed by atoms with Crippen LogP contribution in [-0.4, -0.2) is 15.7 Å². The Balaban J connectivity index is 2.13. The number of benzene rings is 1. The van der Waals surface area contributed by atoms with Gasteiger partial charge in [-0.05, 0) is 61.6 Å². The summed E-state index contributed by atoms with van der Waals surface area (Å²) in [6.45, 7) is 6.85. The van der Waals surface area contributed by atoms with Crippen molar-refractivity contribution in [3.05, 3.63) is 50.9 Å². The van der Waals surface area contributed by atoms with Crippen molar-refractivity contribution in [2.24, 2.45) is 0 Å². The SMILES string of the molecule is CCn1nc(C)c(C=CC(=O)Nc2ccccc2I)c1C. The van der Waals surface area contributed by atoms with Crippen LogP contribution in [-0.2, 0) is 11.3 Å².